The highest BCUT2D eigenvalue weighted by Crippen LogP contribution is 2.21. The molecule has 0 spiro atoms. The third kappa shape index (κ3) is 3.63. The Morgan fingerprint density at radius 2 is 1.90 bits per heavy atom. The van der Waals surface area contributed by atoms with E-state index in [0.717, 1.165) is 18.8 Å². The second kappa shape index (κ2) is 6.29. The minimum absolute atomic E-state index is 0.157. The van der Waals surface area contributed by atoms with E-state index in [4.69, 9.17) is 4.74 Å². The average Bonchev–Trinajstić information content (AvgIpc) is 2.80. The normalized spacial score (nSPS) is 22.4. The maximum absolute atomic E-state index is 10.2. The van der Waals surface area contributed by atoms with Crippen LogP contribution in [0.1, 0.15) is 11.1 Å². The van der Waals surface area contributed by atoms with Crippen LogP contribution in [0.15, 0.2) is 54.6 Å². The molecule has 2 atom stereocenters. The van der Waals surface area contributed by atoms with E-state index in [1.54, 1.807) is 0 Å². The summed E-state index contributed by atoms with van der Waals surface area (Å²) in [5, 5.41) is 10.2. The van der Waals surface area contributed by atoms with Gasteiger partial charge in [-0.15, -0.1) is 0 Å². The van der Waals surface area contributed by atoms with E-state index in [1.165, 1.54) is 11.1 Å². The highest BCUT2D eigenvalue weighted by Gasteiger charge is 2.32. The molecule has 2 unspecified atom stereocenters. The number of β-amino-alcohol motifs (C(OH)–C–C–N with tert-alkyl or cyclic N) is 1. The lowest BCUT2D eigenvalue weighted by atomic mass is 10.2. The number of aliphatic hydroxyl groups excluding tert-OH is 1. The molecule has 0 radical (unpaired) electrons. The summed E-state index contributed by atoms with van der Waals surface area (Å²) in [4.78, 5) is 2.24. The number of benzene rings is 2. The van der Waals surface area contributed by atoms with Crippen LogP contribution in [0.2, 0.25) is 0 Å². The van der Waals surface area contributed by atoms with Gasteiger partial charge in [-0.2, -0.15) is 0 Å². The van der Waals surface area contributed by atoms with Crippen molar-refractivity contribution in [2.45, 2.75) is 25.7 Å². The smallest absolute Gasteiger partial charge is 0.138 e. The second-order valence-corrected chi connectivity index (χ2v) is 5.72. The van der Waals surface area contributed by atoms with Crippen LogP contribution in [0, 0.1) is 6.92 Å². The maximum Gasteiger partial charge on any atom is 0.138 e. The minimum Gasteiger partial charge on any atom is -0.486 e. The summed E-state index contributed by atoms with van der Waals surface area (Å²) in [6.07, 6.45) is -0.593. The van der Waals surface area contributed by atoms with Crippen LogP contribution in [-0.2, 0) is 6.54 Å². The molecule has 3 heteroatoms. The number of likely N-dealkylation sites (tertiary alicyclic amines) is 1. The van der Waals surface area contributed by atoms with E-state index >= 15 is 0 Å². The fraction of sp³-hybridized carbons (Fsp3) is 0.333. The zero-order chi connectivity index (χ0) is 14.7. The van der Waals surface area contributed by atoms with E-state index in [1.807, 2.05) is 49.4 Å². The van der Waals surface area contributed by atoms with E-state index in [9.17, 15) is 5.11 Å². The summed E-state index contributed by atoms with van der Waals surface area (Å²) in [5.74, 6) is 0.834. The third-order valence-corrected chi connectivity index (χ3v) is 3.84. The number of ether oxygens (including phenoxy) is 1. The molecule has 0 saturated carbocycles. The molecule has 1 saturated heterocycles. The predicted molar refractivity (Wildman–Crippen MR) is 83.3 cm³/mol. The molecule has 2 aromatic rings. The Balaban J connectivity index is 1.61. The average molecular weight is 283 g/mol. The van der Waals surface area contributed by atoms with Gasteiger partial charge in [0, 0.05) is 19.6 Å². The first-order valence-corrected chi connectivity index (χ1v) is 7.38. The number of nitrogens with zero attached hydrogens (tertiary/aromatic N) is 1. The minimum atomic E-state index is -0.436. The number of rotatable bonds is 4. The molecule has 21 heavy (non-hydrogen) atoms. The molecule has 110 valence electrons. The molecule has 1 fully saturated rings. The van der Waals surface area contributed by atoms with Gasteiger partial charge >= 0.3 is 0 Å². The van der Waals surface area contributed by atoms with Gasteiger partial charge in [-0.25, -0.2) is 0 Å². The van der Waals surface area contributed by atoms with Crippen molar-refractivity contribution >= 4 is 0 Å². The van der Waals surface area contributed by atoms with Crippen molar-refractivity contribution in [3.63, 3.8) is 0 Å². The monoisotopic (exact) mass is 283 g/mol. The SMILES string of the molecule is Cc1cccc(OC2CN(Cc3ccccc3)CC2O)c1. The van der Waals surface area contributed by atoms with E-state index < -0.39 is 6.10 Å². The van der Waals surface area contributed by atoms with E-state index in [-0.39, 0.29) is 6.10 Å². The van der Waals surface area contributed by atoms with Gasteiger partial charge in [0.05, 0.1) is 0 Å². The quantitative estimate of drug-likeness (QED) is 0.936. The molecular weight excluding hydrogens is 262 g/mol. The molecule has 0 bridgehead atoms. The fourth-order valence-corrected chi connectivity index (χ4v) is 2.78. The highest BCUT2D eigenvalue weighted by atomic mass is 16.5. The van der Waals surface area contributed by atoms with Crippen molar-refractivity contribution in [2.75, 3.05) is 13.1 Å². The Hall–Kier alpha value is -1.84. The first kappa shape index (κ1) is 14.1. The van der Waals surface area contributed by atoms with Crippen molar-refractivity contribution in [1.82, 2.24) is 4.90 Å². The Bertz CT molecular complexity index is 585. The molecule has 1 aliphatic heterocycles. The number of hydrogen-bond donors (Lipinski definition) is 1. The standard InChI is InChI=1S/C18H21NO2/c1-14-6-5-9-16(10-14)21-18-13-19(12-17(18)20)11-15-7-3-2-4-8-15/h2-10,17-18,20H,11-13H2,1H3. The van der Waals surface area contributed by atoms with Gasteiger partial charge in [0.2, 0.25) is 0 Å². The van der Waals surface area contributed by atoms with E-state index in [0.29, 0.717) is 6.54 Å². The molecule has 3 nitrogen and oxygen atoms in total. The summed E-state index contributed by atoms with van der Waals surface area (Å²) in [6.45, 7) is 4.31. The maximum atomic E-state index is 10.2. The van der Waals surface area contributed by atoms with E-state index in [2.05, 4.69) is 17.0 Å². The van der Waals surface area contributed by atoms with Crippen molar-refractivity contribution in [2.24, 2.45) is 0 Å². The number of aryl methyl sites for hydroxylation is 1. The first-order valence-electron chi connectivity index (χ1n) is 7.38. The lowest BCUT2D eigenvalue weighted by Crippen LogP contribution is -2.29. The molecule has 0 aliphatic carbocycles. The fourth-order valence-electron chi connectivity index (χ4n) is 2.78. The van der Waals surface area contributed by atoms with Crippen LogP contribution in [0.3, 0.4) is 0 Å². The summed E-state index contributed by atoms with van der Waals surface area (Å²) >= 11 is 0. The number of aliphatic hydroxyl groups is 1. The van der Waals surface area contributed by atoms with Crippen LogP contribution in [-0.4, -0.2) is 35.3 Å². The van der Waals surface area contributed by atoms with Crippen LogP contribution in [0.4, 0.5) is 0 Å². The Morgan fingerprint density at radius 1 is 1.10 bits per heavy atom. The summed E-state index contributed by atoms with van der Waals surface area (Å²) in [5.41, 5.74) is 2.43. The molecule has 3 rings (SSSR count). The topological polar surface area (TPSA) is 32.7 Å². The van der Waals surface area contributed by atoms with Crippen molar-refractivity contribution in [3.8, 4) is 5.75 Å². The summed E-state index contributed by atoms with van der Waals surface area (Å²) < 4.78 is 5.94. The molecule has 0 amide bonds. The van der Waals surface area contributed by atoms with Gasteiger partial charge in [0.1, 0.15) is 18.0 Å². The van der Waals surface area contributed by atoms with Crippen molar-refractivity contribution in [3.05, 3.63) is 65.7 Å². The molecule has 1 heterocycles. The third-order valence-electron chi connectivity index (χ3n) is 3.84. The largest absolute Gasteiger partial charge is 0.486 e. The zero-order valence-corrected chi connectivity index (χ0v) is 12.3. The molecule has 1 aliphatic rings. The first-order chi connectivity index (χ1) is 10.2. The Labute approximate surface area is 125 Å². The van der Waals surface area contributed by atoms with Gasteiger partial charge in [-0.05, 0) is 30.2 Å². The lowest BCUT2D eigenvalue weighted by molar-refractivity contribution is 0.0736. The lowest BCUT2D eigenvalue weighted by Gasteiger charge is -2.17. The Kier molecular flexibility index (Phi) is 4.23. The van der Waals surface area contributed by atoms with Crippen molar-refractivity contribution < 1.29 is 9.84 Å². The van der Waals surface area contributed by atoms with Crippen LogP contribution in [0.25, 0.3) is 0 Å². The van der Waals surface area contributed by atoms with Gasteiger partial charge < -0.3 is 9.84 Å². The molecule has 0 aromatic heterocycles. The van der Waals surface area contributed by atoms with Gasteiger partial charge in [-0.3, -0.25) is 4.90 Å². The van der Waals surface area contributed by atoms with Gasteiger partial charge in [0.15, 0.2) is 0 Å². The second-order valence-electron chi connectivity index (χ2n) is 5.72. The Morgan fingerprint density at radius 3 is 2.67 bits per heavy atom. The highest BCUT2D eigenvalue weighted by molar-refractivity contribution is 5.28. The van der Waals surface area contributed by atoms with Gasteiger partial charge in [0.25, 0.3) is 0 Å². The molecule has 2 aromatic carbocycles. The van der Waals surface area contributed by atoms with Crippen LogP contribution >= 0.6 is 0 Å². The van der Waals surface area contributed by atoms with Crippen LogP contribution in [0.5, 0.6) is 5.75 Å². The summed E-state index contributed by atoms with van der Waals surface area (Å²) in [7, 11) is 0. The predicted octanol–water partition coefficient (Wildman–Crippen LogP) is 2.62. The van der Waals surface area contributed by atoms with Crippen molar-refractivity contribution in [1.29, 1.82) is 0 Å². The zero-order valence-electron chi connectivity index (χ0n) is 12.3. The molecular formula is C18H21NO2. The molecule has 1 N–H and O–H groups in total. The van der Waals surface area contributed by atoms with Crippen LogP contribution < -0.4 is 4.74 Å². The number of hydrogen-bond acceptors (Lipinski definition) is 3. The van der Waals surface area contributed by atoms with Gasteiger partial charge in [-0.1, -0.05) is 42.5 Å². The summed E-state index contributed by atoms with van der Waals surface area (Å²) in [6, 6.07) is 18.3.